The molecule has 156 valence electrons. The molecule has 0 spiro atoms. The first kappa shape index (κ1) is 20.4. The number of esters is 1. The van der Waals surface area contributed by atoms with E-state index >= 15 is 0 Å². The van der Waals surface area contributed by atoms with Crippen molar-refractivity contribution in [2.24, 2.45) is 0 Å². The van der Waals surface area contributed by atoms with Crippen molar-refractivity contribution < 1.29 is 27.4 Å². The Bertz CT molecular complexity index is 1180. The highest BCUT2D eigenvalue weighted by Crippen LogP contribution is 2.46. The fraction of sp³-hybridized carbons (Fsp3) is 0.273. The molecule has 0 aliphatic heterocycles. The molecule has 1 heterocycles. The van der Waals surface area contributed by atoms with Crippen LogP contribution in [-0.2, 0) is 27.0 Å². The molecule has 1 atom stereocenters. The van der Waals surface area contributed by atoms with Crippen molar-refractivity contribution in [1.82, 2.24) is 4.98 Å². The van der Waals surface area contributed by atoms with Crippen LogP contribution in [0.5, 0.6) is 11.6 Å². The minimum atomic E-state index is -2.14. The summed E-state index contributed by atoms with van der Waals surface area (Å²) in [6.07, 6.45) is 3.23. The van der Waals surface area contributed by atoms with E-state index in [4.69, 9.17) is 9.47 Å². The third-order valence-corrected chi connectivity index (χ3v) is 5.87. The van der Waals surface area contributed by atoms with Gasteiger partial charge in [-0.05, 0) is 60.4 Å². The molecule has 6 nitrogen and oxygen atoms in total. The number of halogens is 1. The Morgan fingerprint density at radius 3 is 2.73 bits per heavy atom. The number of carbonyl (C=O) groups excluding carboxylic acids is 1. The minimum absolute atomic E-state index is 0.0529. The summed E-state index contributed by atoms with van der Waals surface area (Å²) in [5.74, 6) is 0.122. The Labute approximate surface area is 175 Å². The molecule has 1 N–H and O–H groups in total. The normalized spacial score (nSPS) is 14.5. The average Bonchev–Trinajstić information content (AvgIpc) is 3.56. The van der Waals surface area contributed by atoms with Crippen LogP contribution >= 0.6 is 0 Å². The molecule has 3 aromatic rings. The van der Waals surface area contributed by atoms with E-state index in [1.807, 2.05) is 6.07 Å². The van der Waals surface area contributed by atoms with E-state index in [1.54, 1.807) is 19.1 Å². The summed E-state index contributed by atoms with van der Waals surface area (Å²) >= 11 is -2.14. The van der Waals surface area contributed by atoms with Crippen molar-refractivity contribution in [3.63, 3.8) is 0 Å². The van der Waals surface area contributed by atoms with Crippen LogP contribution in [-0.4, -0.2) is 26.8 Å². The van der Waals surface area contributed by atoms with Gasteiger partial charge in [0, 0.05) is 17.1 Å². The van der Waals surface area contributed by atoms with Crippen LogP contribution in [0, 0.1) is 12.7 Å². The van der Waals surface area contributed by atoms with E-state index in [0.717, 1.165) is 23.8 Å². The molecular weight excluding hydrogens is 409 g/mol. The molecule has 1 aliphatic carbocycles. The Hall–Kier alpha value is -2.84. The molecule has 0 amide bonds. The lowest BCUT2D eigenvalue weighted by molar-refractivity contribution is -0.139. The van der Waals surface area contributed by atoms with E-state index in [9.17, 15) is 17.9 Å². The van der Waals surface area contributed by atoms with Gasteiger partial charge in [-0.25, -0.2) is 13.6 Å². The average molecular weight is 429 g/mol. The van der Waals surface area contributed by atoms with Crippen LogP contribution in [0.1, 0.15) is 35.4 Å². The second-order valence-electron chi connectivity index (χ2n) is 7.30. The molecule has 1 fully saturated rings. The highest BCUT2D eigenvalue weighted by Gasteiger charge is 2.29. The molecule has 0 radical (unpaired) electrons. The SMILES string of the molecule is COC(=O)Cc1cc2ccc(F)cc2c(Oc2ncc(S(=O)O)cc2C2CC2)c1C. The van der Waals surface area contributed by atoms with Crippen LogP contribution in [0.15, 0.2) is 41.4 Å². The Balaban J connectivity index is 1.85. The maximum absolute atomic E-state index is 14.0. The Morgan fingerprint density at radius 1 is 1.30 bits per heavy atom. The van der Waals surface area contributed by atoms with Crippen molar-refractivity contribution in [2.45, 2.75) is 37.0 Å². The van der Waals surface area contributed by atoms with Gasteiger partial charge in [-0.2, -0.15) is 0 Å². The number of hydrogen-bond acceptors (Lipinski definition) is 5. The van der Waals surface area contributed by atoms with Crippen LogP contribution < -0.4 is 4.74 Å². The van der Waals surface area contributed by atoms with E-state index in [0.29, 0.717) is 28.1 Å². The topological polar surface area (TPSA) is 85.7 Å². The molecule has 0 bridgehead atoms. The van der Waals surface area contributed by atoms with Crippen molar-refractivity contribution in [2.75, 3.05) is 7.11 Å². The highest BCUT2D eigenvalue weighted by molar-refractivity contribution is 7.79. The van der Waals surface area contributed by atoms with Gasteiger partial charge in [0.1, 0.15) is 11.6 Å². The largest absolute Gasteiger partial charge is 0.469 e. The minimum Gasteiger partial charge on any atom is -0.469 e. The number of aromatic nitrogens is 1. The summed E-state index contributed by atoms with van der Waals surface area (Å²) in [5, 5.41) is 1.27. The van der Waals surface area contributed by atoms with Gasteiger partial charge < -0.3 is 14.0 Å². The van der Waals surface area contributed by atoms with E-state index in [1.165, 1.54) is 25.4 Å². The number of carbonyl (C=O) groups is 1. The first-order valence-electron chi connectivity index (χ1n) is 9.44. The molecule has 2 aromatic carbocycles. The zero-order valence-electron chi connectivity index (χ0n) is 16.5. The molecule has 30 heavy (non-hydrogen) atoms. The number of rotatable bonds is 6. The van der Waals surface area contributed by atoms with Gasteiger partial charge in [-0.3, -0.25) is 4.79 Å². The van der Waals surface area contributed by atoms with Crippen molar-refractivity contribution in [3.8, 4) is 11.6 Å². The van der Waals surface area contributed by atoms with E-state index < -0.39 is 22.9 Å². The zero-order chi connectivity index (χ0) is 21.4. The third-order valence-electron chi connectivity index (χ3n) is 5.25. The number of fused-ring (bicyclic) bond motifs is 1. The summed E-state index contributed by atoms with van der Waals surface area (Å²) in [4.78, 5) is 16.3. The standard InChI is InChI=1S/C22H20FNO5S/c1-12-15(8-20(25)28-2)7-14-5-6-16(23)9-18(14)21(12)29-22-19(13-3-4-13)10-17(11-24-22)30(26)27/h5-7,9-11,13H,3-4,8H2,1-2H3,(H,26,27). The first-order chi connectivity index (χ1) is 14.4. The molecule has 1 aliphatic rings. The van der Waals surface area contributed by atoms with E-state index in [2.05, 4.69) is 4.98 Å². The second kappa shape index (κ2) is 8.12. The lowest BCUT2D eigenvalue weighted by Gasteiger charge is -2.17. The summed E-state index contributed by atoms with van der Waals surface area (Å²) in [7, 11) is 1.32. The van der Waals surface area contributed by atoms with Crippen molar-refractivity contribution >= 4 is 27.8 Å². The first-order valence-corrected chi connectivity index (χ1v) is 10.5. The molecule has 0 saturated heterocycles. The van der Waals surface area contributed by atoms with Gasteiger partial charge in [0.2, 0.25) is 5.88 Å². The monoisotopic (exact) mass is 429 g/mol. The van der Waals surface area contributed by atoms with Crippen LogP contribution in [0.2, 0.25) is 0 Å². The number of benzene rings is 2. The summed E-state index contributed by atoms with van der Waals surface area (Å²) in [6.45, 7) is 1.80. The predicted octanol–water partition coefficient (Wildman–Crippen LogP) is 4.65. The van der Waals surface area contributed by atoms with E-state index in [-0.39, 0.29) is 17.2 Å². The molecule has 4 rings (SSSR count). The zero-order valence-corrected chi connectivity index (χ0v) is 17.3. The third kappa shape index (κ3) is 4.06. The van der Waals surface area contributed by atoms with Crippen LogP contribution in [0.25, 0.3) is 10.8 Å². The predicted molar refractivity (Wildman–Crippen MR) is 110 cm³/mol. The van der Waals surface area contributed by atoms with Crippen LogP contribution in [0.3, 0.4) is 0 Å². The summed E-state index contributed by atoms with van der Waals surface area (Å²) in [5.41, 5.74) is 2.13. The van der Waals surface area contributed by atoms with Crippen molar-refractivity contribution in [1.29, 1.82) is 0 Å². The van der Waals surface area contributed by atoms with Gasteiger partial charge in [-0.15, -0.1) is 0 Å². The number of pyridine rings is 1. The van der Waals surface area contributed by atoms with Gasteiger partial charge in [0.25, 0.3) is 0 Å². The summed E-state index contributed by atoms with van der Waals surface area (Å²) < 4.78 is 45.8. The molecule has 1 aromatic heterocycles. The fourth-order valence-electron chi connectivity index (χ4n) is 3.45. The molecule has 1 unspecified atom stereocenters. The Kier molecular flexibility index (Phi) is 5.53. The van der Waals surface area contributed by atoms with Gasteiger partial charge >= 0.3 is 5.97 Å². The van der Waals surface area contributed by atoms with Crippen LogP contribution in [0.4, 0.5) is 4.39 Å². The number of hydrogen-bond donors (Lipinski definition) is 1. The van der Waals surface area contributed by atoms with Gasteiger partial charge in [0.15, 0.2) is 11.1 Å². The molecule has 1 saturated carbocycles. The lowest BCUT2D eigenvalue weighted by Crippen LogP contribution is -2.07. The number of methoxy groups -OCH3 is 1. The molecule has 8 heteroatoms. The number of ether oxygens (including phenoxy) is 2. The summed E-state index contributed by atoms with van der Waals surface area (Å²) in [6, 6.07) is 7.81. The second-order valence-corrected chi connectivity index (χ2v) is 8.27. The fourth-order valence-corrected chi connectivity index (χ4v) is 3.82. The smallest absolute Gasteiger partial charge is 0.309 e. The van der Waals surface area contributed by atoms with Crippen molar-refractivity contribution in [3.05, 3.63) is 59.0 Å². The van der Waals surface area contributed by atoms with Gasteiger partial charge in [0.05, 0.1) is 18.4 Å². The lowest BCUT2D eigenvalue weighted by atomic mass is 9.98. The molecular formula is C22H20FNO5S. The maximum atomic E-state index is 14.0. The highest BCUT2D eigenvalue weighted by atomic mass is 32.2. The Morgan fingerprint density at radius 2 is 2.07 bits per heavy atom. The number of nitrogens with zero attached hydrogens (tertiary/aromatic N) is 1. The quantitative estimate of drug-likeness (QED) is 0.454. The van der Waals surface area contributed by atoms with Gasteiger partial charge in [-0.1, -0.05) is 12.1 Å². The maximum Gasteiger partial charge on any atom is 0.309 e.